The highest BCUT2D eigenvalue weighted by Gasteiger charge is 2.30. The Labute approximate surface area is 244 Å². The first kappa shape index (κ1) is 32.8. The highest BCUT2D eigenvalue weighted by atomic mass is 32.2. The Bertz CT molecular complexity index is 1240. The van der Waals surface area contributed by atoms with Crippen LogP contribution in [0, 0.1) is 5.92 Å². The number of benzene rings is 1. The average molecular weight is 594 g/mol. The Morgan fingerprint density at radius 1 is 1.27 bits per heavy atom. The second-order valence-electron chi connectivity index (χ2n) is 11.3. The van der Waals surface area contributed by atoms with Gasteiger partial charge in [-0.3, -0.25) is 9.52 Å². The molecule has 1 aliphatic heterocycles. The predicted octanol–water partition coefficient (Wildman–Crippen LogP) is 3.36. The van der Waals surface area contributed by atoms with E-state index in [1.165, 1.54) is 18.6 Å². The lowest BCUT2D eigenvalue weighted by atomic mass is 10.0. The van der Waals surface area contributed by atoms with Gasteiger partial charge in [-0.2, -0.15) is 8.42 Å². The molecular formula is C29H47N5O6S. The summed E-state index contributed by atoms with van der Waals surface area (Å²) in [5.41, 5.74) is 0.440. The molecule has 2 heterocycles. The molecule has 2 aromatic rings. The van der Waals surface area contributed by atoms with E-state index in [4.69, 9.17) is 9.47 Å². The second kappa shape index (κ2) is 15.0. The van der Waals surface area contributed by atoms with Gasteiger partial charge in [0.05, 0.1) is 36.7 Å². The molecule has 2 N–H and O–H groups in total. The Balaban J connectivity index is 2.00. The molecule has 0 spiro atoms. The maximum atomic E-state index is 14.2. The summed E-state index contributed by atoms with van der Waals surface area (Å²) >= 11 is 0. The second-order valence-corrected chi connectivity index (χ2v) is 12.9. The fraction of sp³-hybridized carbons (Fsp3) is 0.655. The number of amides is 1. The van der Waals surface area contributed by atoms with E-state index in [-0.39, 0.29) is 46.9 Å². The van der Waals surface area contributed by atoms with E-state index < -0.39 is 16.1 Å². The van der Waals surface area contributed by atoms with Crippen LogP contribution in [0.15, 0.2) is 35.7 Å². The third kappa shape index (κ3) is 9.16. The maximum absolute atomic E-state index is 14.2. The number of sulfonamides is 1. The predicted molar refractivity (Wildman–Crippen MR) is 159 cm³/mol. The zero-order valence-electron chi connectivity index (χ0n) is 25.2. The summed E-state index contributed by atoms with van der Waals surface area (Å²) in [4.78, 5) is 22.0. The van der Waals surface area contributed by atoms with Gasteiger partial charge in [0, 0.05) is 44.5 Å². The molecular weight excluding hydrogens is 546 g/mol. The van der Waals surface area contributed by atoms with Crippen LogP contribution in [0.3, 0.4) is 0 Å². The van der Waals surface area contributed by atoms with E-state index in [9.17, 15) is 18.3 Å². The van der Waals surface area contributed by atoms with Gasteiger partial charge in [0.15, 0.2) is 5.03 Å². The smallest absolute Gasteiger partial charge is 0.280 e. The van der Waals surface area contributed by atoms with Crippen molar-refractivity contribution in [3.63, 3.8) is 0 Å². The summed E-state index contributed by atoms with van der Waals surface area (Å²) in [6.07, 6.45) is 6.15. The van der Waals surface area contributed by atoms with Crippen LogP contribution in [0.25, 0.3) is 0 Å². The monoisotopic (exact) mass is 593 g/mol. The molecule has 1 aromatic carbocycles. The van der Waals surface area contributed by atoms with Crippen LogP contribution in [0.2, 0.25) is 0 Å². The normalized spacial score (nSPS) is 22.1. The van der Waals surface area contributed by atoms with Crippen molar-refractivity contribution in [2.24, 2.45) is 13.0 Å². The minimum absolute atomic E-state index is 0.0238. The number of rotatable bonds is 9. The number of imidazole rings is 1. The Kier molecular flexibility index (Phi) is 12.0. The minimum atomic E-state index is -3.97. The number of carbonyl (C=O) groups excluding carboxylic acids is 1. The van der Waals surface area contributed by atoms with Crippen LogP contribution in [-0.4, -0.2) is 96.9 Å². The number of aromatic nitrogens is 2. The molecule has 4 atom stereocenters. The zero-order chi connectivity index (χ0) is 30.2. The van der Waals surface area contributed by atoms with Crippen molar-refractivity contribution in [2.75, 3.05) is 44.6 Å². The summed E-state index contributed by atoms with van der Waals surface area (Å²) in [7, 11) is -0.211. The fourth-order valence-corrected chi connectivity index (χ4v) is 6.00. The van der Waals surface area contributed by atoms with Crippen molar-refractivity contribution in [1.82, 2.24) is 19.4 Å². The molecule has 1 aromatic heterocycles. The van der Waals surface area contributed by atoms with Crippen LogP contribution in [0.1, 0.15) is 63.7 Å². The number of anilines is 1. The molecule has 0 bridgehead atoms. The third-order valence-corrected chi connectivity index (χ3v) is 8.62. The van der Waals surface area contributed by atoms with Gasteiger partial charge in [-0.15, -0.1) is 0 Å². The van der Waals surface area contributed by atoms with Crippen molar-refractivity contribution in [3.8, 4) is 5.75 Å². The number of likely N-dealkylation sites (N-methyl/N-ethyl adjacent to an activating group) is 1. The molecule has 0 aliphatic carbocycles. The van der Waals surface area contributed by atoms with Gasteiger partial charge in [0.2, 0.25) is 0 Å². The topological polar surface area (TPSA) is 126 Å². The number of aliphatic hydroxyl groups excluding tert-OH is 1. The molecule has 0 fully saturated rings. The van der Waals surface area contributed by atoms with Gasteiger partial charge in [0.25, 0.3) is 15.9 Å². The lowest BCUT2D eigenvalue weighted by Gasteiger charge is -2.35. The van der Waals surface area contributed by atoms with Crippen LogP contribution < -0.4 is 9.46 Å². The molecule has 230 valence electrons. The first-order chi connectivity index (χ1) is 19.4. The summed E-state index contributed by atoms with van der Waals surface area (Å²) in [6, 6.07) is 4.23. The first-order valence-corrected chi connectivity index (χ1v) is 16.0. The van der Waals surface area contributed by atoms with Gasteiger partial charge in [-0.1, -0.05) is 13.8 Å². The molecule has 0 unspecified atom stereocenters. The molecule has 1 aliphatic rings. The lowest BCUT2D eigenvalue weighted by Crippen LogP contribution is -2.47. The van der Waals surface area contributed by atoms with Gasteiger partial charge >= 0.3 is 0 Å². The highest BCUT2D eigenvalue weighted by Crippen LogP contribution is 2.29. The largest absolute Gasteiger partial charge is 0.490 e. The molecule has 0 radical (unpaired) electrons. The zero-order valence-corrected chi connectivity index (χ0v) is 26.1. The van der Waals surface area contributed by atoms with Crippen LogP contribution in [-0.2, 0) is 21.8 Å². The fourth-order valence-electron chi connectivity index (χ4n) is 4.96. The number of nitrogens with zero attached hydrogens (tertiary/aromatic N) is 4. The SMILES string of the molecule is CCCN(C)C[C@H]1OCCCC[C@@H](C)Oc2ccc(NS(=O)(=O)c3cn(C)cn3)cc2C(=O)N([C@@H](C)CO)C[C@H]1C. The van der Waals surface area contributed by atoms with Crippen molar-refractivity contribution in [3.05, 3.63) is 36.3 Å². The van der Waals surface area contributed by atoms with E-state index in [2.05, 4.69) is 35.5 Å². The Morgan fingerprint density at radius 3 is 2.68 bits per heavy atom. The number of fused-ring (bicyclic) bond motifs is 1. The molecule has 0 saturated heterocycles. The van der Waals surface area contributed by atoms with Crippen LogP contribution in [0.5, 0.6) is 5.75 Å². The van der Waals surface area contributed by atoms with Gasteiger partial charge < -0.3 is 28.9 Å². The van der Waals surface area contributed by atoms with E-state index in [0.29, 0.717) is 18.9 Å². The molecule has 0 saturated carbocycles. The van der Waals surface area contributed by atoms with Crippen LogP contribution >= 0.6 is 0 Å². The van der Waals surface area contributed by atoms with Crippen molar-refractivity contribution in [2.45, 2.75) is 76.7 Å². The van der Waals surface area contributed by atoms with Crippen LogP contribution in [0.4, 0.5) is 5.69 Å². The summed E-state index contributed by atoms with van der Waals surface area (Å²) in [5.74, 6) is 0.000140. The number of hydrogen-bond acceptors (Lipinski definition) is 8. The quantitative estimate of drug-likeness (QED) is 0.453. The standard InChI is InChI=1S/C29H47N5O6S/c1-7-13-32(5)17-27-21(2)16-34(22(3)19-35)29(36)25-15-24(31-41(37,38)28-18-33(6)20-30-28)11-12-26(25)40-23(4)10-8-9-14-39-27/h11-12,15,18,20-23,27,31,35H,7-10,13-14,16-17,19H2,1-6H3/t21-,22+,23-,27-/m1/s1. The lowest BCUT2D eigenvalue weighted by molar-refractivity contribution is -0.0167. The van der Waals surface area contributed by atoms with Gasteiger partial charge in [-0.25, -0.2) is 4.98 Å². The summed E-state index contributed by atoms with van der Waals surface area (Å²) < 4.78 is 42.6. The number of nitrogens with one attached hydrogen (secondary N) is 1. The Morgan fingerprint density at radius 2 is 2.02 bits per heavy atom. The molecule has 1 amide bonds. The molecule has 3 rings (SSSR count). The van der Waals surface area contributed by atoms with E-state index in [1.807, 2.05) is 6.92 Å². The Hall–Kier alpha value is -2.67. The number of ether oxygens (including phenoxy) is 2. The number of aryl methyl sites for hydroxylation is 1. The van der Waals surface area contributed by atoms with E-state index >= 15 is 0 Å². The van der Waals surface area contributed by atoms with Crippen molar-refractivity contribution >= 4 is 21.6 Å². The number of carbonyl (C=O) groups is 1. The van der Waals surface area contributed by atoms with E-state index in [1.54, 1.807) is 35.6 Å². The van der Waals surface area contributed by atoms with Crippen molar-refractivity contribution in [1.29, 1.82) is 0 Å². The maximum Gasteiger partial charge on any atom is 0.280 e. The minimum Gasteiger partial charge on any atom is -0.490 e. The summed E-state index contributed by atoms with van der Waals surface area (Å²) in [6.45, 7) is 10.4. The highest BCUT2D eigenvalue weighted by molar-refractivity contribution is 7.92. The number of hydrogen-bond donors (Lipinski definition) is 2. The van der Waals surface area contributed by atoms with E-state index in [0.717, 1.165) is 38.8 Å². The molecule has 12 heteroatoms. The first-order valence-electron chi connectivity index (χ1n) is 14.5. The number of aliphatic hydroxyl groups is 1. The molecule has 11 nitrogen and oxygen atoms in total. The average Bonchev–Trinajstić information content (AvgIpc) is 3.37. The summed E-state index contributed by atoms with van der Waals surface area (Å²) in [5, 5.41) is 9.98. The van der Waals surface area contributed by atoms with Crippen molar-refractivity contribution < 1.29 is 27.8 Å². The van der Waals surface area contributed by atoms with Gasteiger partial charge in [0.1, 0.15) is 5.75 Å². The van der Waals surface area contributed by atoms with Gasteiger partial charge in [-0.05, 0) is 71.3 Å². The molecule has 41 heavy (non-hydrogen) atoms. The third-order valence-electron chi connectivity index (χ3n) is 7.36.